The molecule has 0 bridgehead atoms. The van der Waals surface area contributed by atoms with Crippen molar-refractivity contribution in [3.8, 4) is 12.1 Å². The van der Waals surface area contributed by atoms with Crippen molar-refractivity contribution in [3.63, 3.8) is 0 Å². The van der Waals surface area contributed by atoms with Crippen LogP contribution in [-0.4, -0.2) is 38.2 Å². The standard InChI is InChI=1S/C11H23N11/c1-4-13-10(14-5-2)17-9-18-11(15-6-3)16-7-8-19-21-22-20-12/h4-6,9H2,1-3H3,(H2,12,19,22)(H2,13,14,17)(H2,15,16,18)/p+2. The van der Waals surface area contributed by atoms with E-state index in [1.807, 2.05) is 20.8 Å². The Balaban J connectivity index is 4.53. The van der Waals surface area contributed by atoms with Gasteiger partial charge in [-0.1, -0.05) is 10.3 Å². The summed E-state index contributed by atoms with van der Waals surface area (Å²) in [5.41, 5.74) is 0. The van der Waals surface area contributed by atoms with Crippen LogP contribution in [0.3, 0.4) is 0 Å². The molecule has 0 spiro atoms. The van der Waals surface area contributed by atoms with Crippen molar-refractivity contribution in [3.05, 3.63) is 0 Å². The minimum atomic E-state index is 0.495. The van der Waals surface area contributed by atoms with E-state index in [1.54, 1.807) is 0 Å². The highest BCUT2D eigenvalue weighted by molar-refractivity contribution is 5.75. The SMILES string of the molecule is CCNC(NC[NH+]=C(NCC)NCC)=[NH+]C#CN=N/N=N/N. The monoisotopic (exact) mass is 311 g/mol. The molecule has 0 aromatic rings. The summed E-state index contributed by atoms with van der Waals surface area (Å²) in [5.74, 6) is 6.26. The summed E-state index contributed by atoms with van der Waals surface area (Å²) in [7, 11) is 0. The minimum Gasteiger partial charge on any atom is -0.303 e. The lowest BCUT2D eigenvalue weighted by Crippen LogP contribution is -2.85. The average Bonchev–Trinajstić information content (AvgIpc) is 2.51. The summed E-state index contributed by atoms with van der Waals surface area (Å²) >= 11 is 0. The molecule has 0 rings (SSSR count). The molecule has 0 aliphatic heterocycles. The number of nitrogens with zero attached hydrogens (tertiary/aromatic N) is 4. The number of hydrogen-bond donors (Lipinski definition) is 7. The Morgan fingerprint density at radius 2 is 1.59 bits per heavy atom. The first-order chi connectivity index (χ1) is 10.8. The Hall–Kier alpha value is -2.90. The third kappa shape index (κ3) is 11.0. The third-order valence-electron chi connectivity index (χ3n) is 2.02. The van der Waals surface area contributed by atoms with E-state index in [0.29, 0.717) is 12.6 Å². The maximum atomic E-state index is 4.75. The maximum absolute atomic E-state index is 4.75. The smallest absolute Gasteiger partial charge is 0.303 e. The Kier molecular flexibility index (Phi) is 12.6. The molecule has 8 N–H and O–H groups in total. The summed E-state index contributed by atoms with van der Waals surface area (Å²) in [6.07, 6.45) is 0. The number of nitrogens with two attached hydrogens (primary N) is 1. The van der Waals surface area contributed by atoms with Gasteiger partial charge in [-0.3, -0.25) is 16.0 Å². The third-order valence-corrected chi connectivity index (χ3v) is 2.02. The lowest BCUT2D eigenvalue weighted by molar-refractivity contribution is -0.467. The molecular weight excluding hydrogens is 286 g/mol. The molecule has 22 heavy (non-hydrogen) atoms. The first-order valence-electron chi connectivity index (χ1n) is 6.97. The van der Waals surface area contributed by atoms with E-state index < -0.39 is 0 Å². The van der Waals surface area contributed by atoms with E-state index >= 15 is 0 Å². The predicted octanol–water partition coefficient (Wildman–Crippen LogP) is -4.15. The van der Waals surface area contributed by atoms with Crippen LogP contribution in [0.15, 0.2) is 20.8 Å². The first kappa shape index (κ1) is 19.1. The molecular formula is C11H25N11+2. The maximum Gasteiger partial charge on any atom is 0.358 e. The van der Waals surface area contributed by atoms with Crippen molar-refractivity contribution in [2.24, 2.45) is 26.6 Å². The highest BCUT2D eigenvalue weighted by Gasteiger charge is 2.05. The van der Waals surface area contributed by atoms with E-state index in [1.165, 1.54) is 0 Å². The molecule has 0 radical (unpaired) electrons. The molecule has 0 fully saturated rings. The zero-order chi connectivity index (χ0) is 16.5. The summed E-state index contributed by atoms with van der Waals surface area (Å²) in [5, 5.41) is 25.2. The number of nitrogens with one attached hydrogen (secondary N) is 6. The van der Waals surface area contributed by atoms with Crippen molar-refractivity contribution >= 4 is 11.9 Å². The molecule has 0 aromatic heterocycles. The fourth-order valence-electron chi connectivity index (χ4n) is 1.27. The molecule has 122 valence electrons. The van der Waals surface area contributed by atoms with Crippen LogP contribution in [0.25, 0.3) is 0 Å². The van der Waals surface area contributed by atoms with Gasteiger partial charge in [0.15, 0.2) is 6.67 Å². The summed E-state index contributed by atoms with van der Waals surface area (Å²) in [6, 6.07) is 4.97. The molecule has 0 unspecified atom stereocenters. The van der Waals surface area contributed by atoms with Crippen molar-refractivity contribution in [1.29, 1.82) is 0 Å². The van der Waals surface area contributed by atoms with Gasteiger partial charge in [0.05, 0.1) is 25.7 Å². The molecule has 0 aliphatic rings. The van der Waals surface area contributed by atoms with Crippen molar-refractivity contribution in [1.82, 2.24) is 21.3 Å². The van der Waals surface area contributed by atoms with Crippen LogP contribution in [0.4, 0.5) is 0 Å². The fourth-order valence-corrected chi connectivity index (χ4v) is 1.27. The second-order valence-electron chi connectivity index (χ2n) is 3.63. The number of hydrogen-bond acceptors (Lipinski definition) is 2. The zero-order valence-electron chi connectivity index (χ0n) is 13.2. The Morgan fingerprint density at radius 3 is 2.18 bits per heavy atom. The second-order valence-corrected chi connectivity index (χ2v) is 3.63. The largest absolute Gasteiger partial charge is 0.358 e. The minimum absolute atomic E-state index is 0.495. The van der Waals surface area contributed by atoms with Gasteiger partial charge in [-0.25, -0.2) is 10.3 Å². The lowest BCUT2D eigenvalue weighted by Gasteiger charge is -2.03. The van der Waals surface area contributed by atoms with E-state index in [-0.39, 0.29) is 0 Å². The summed E-state index contributed by atoms with van der Waals surface area (Å²) < 4.78 is 0. The molecule has 11 nitrogen and oxygen atoms in total. The van der Waals surface area contributed by atoms with Gasteiger partial charge >= 0.3 is 11.9 Å². The Morgan fingerprint density at radius 1 is 0.955 bits per heavy atom. The van der Waals surface area contributed by atoms with Crippen molar-refractivity contribution in [2.75, 3.05) is 26.3 Å². The van der Waals surface area contributed by atoms with E-state index in [2.05, 4.69) is 64.1 Å². The van der Waals surface area contributed by atoms with Gasteiger partial charge in [0.1, 0.15) is 6.04 Å². The number of guanidine groups is 2. The molecule has 0 amide bonds. The van der Waals surface area contributed by atoms with E-state index in [9.17, 15) is 0 Å². The van der Waals surface area contributed by atoms with Crippen LogP contribution < -0.4 is 37.1 Å². The van der Waals surface area contributed by atoms with Crippen LogP contribution >= 0.6 is 0 Å². The van der Waals surface area contributed by atoms with Crippen LogP contribution in [0.2, 0.25) is 0 Å². The summed E-state index contributed by atoms with van der Waals surface area (Å²) in [4.78, 5) is 6.00. The fraction of sp³-hybridized carbons (Fsp3) is 0.636. The molecule has 11 heteroatoms. The topological polar surface area (TPSA) is 152 Å². The van der Waals surface area contributed by atoms with Gasteiger partial charge in [0.2, 0.25) is 0 Å². The molecule has 0 aromatic carbocycles. The Labute approximate surface area is 130 Å². The normalized spacial score (nSPS) is 11.0. The van der Waals surface area contributed by atoms with Crippen molar-refractivity contribution < 1.29 is 9.98 Å². The summed E-state index contributed by atoms with van der Waals surface area (Å²) in [6.45, 7) is 8.91. The van der Waals surface area contributed by atoms with E-state index in [4.69, 9.17) is 5.84 Å². The highest BCUT2D eigenvalue weighted by atomic mass is 15.5. The zero-order valence-corrected chi connectivity index (χ0v) is 13.2. The molecule has 0 saturated carbocycles. The quantitative estimate of drug-likeness (QED) is 0.0388. The second kappa shape index (κ2) is 14.5. The van der Waals surface area contributed by atoms with Crippen molar-refractivity contribution in [2.45, 2.75) is 20.8 Å². The molecule has 0 aliphatic carbocycles. The molecule has 0 heterocycles. The van der Waals surface area contributed by atoms with Crippen LogP contribution in [-0.2, 0) is 0 Å². The van der Waals surface area contributed by atoms with Crippen LogP contribution in [0.5, 0.6) is 0 Å². The van der Waals surface area contributed by atoms with Gasteiger partial charge in [0, 0.05) is 0 Å². The highest BCUT2D eigenvalue weighted by Crippen LogP contribution is 1.71. The van der Waals surface area contributed by atoms with Gasteiger partial charge in [-0.05, 0) is 31.2 Å². The van der Waals surface area contributed by atoms with Crippen LogP contribution in [0, 0.1) is 12.1 Å². The molecule has 0 saturated heterocycles. The van der Waals surface area contributed by atoms with Gasteiger partial charge in [-0.2, -0.15) is 4.99 Å². The number of rotatable bonds is 6. The first-order valence-corrected chi connectivity index (χ1v) is 6.97. The predicted molar refractivity (Wildman–Crippen MR) is 82.6 cm³/mol. The lowest BCUT2D eigenvalue weighted by atomic mass is 10.6. The average molecular weight is 311 g/mol. The molecule has 0 atom stereocenters. The van der Waals surface area contributed by atoms with Gasteiger partial charge in [0.25, 0.3) is 0 Å². The van der Waals surface area contributed by atoms with Gasteiger partial charge in [-0.15, -0.1) is 0 Å². The van der Waals surface area contributed by atoms with Crippen LogP contribution in [0.1, 0.15) is 20.8 Å². The van der Waals surface area contributed by atoms with E-state index in [0.717, 1.165) is 25.6 Å². The van der Waals surface area contributed by atoms with Gasteiger partial charge < -0.3 is 5.84 Å². The Bertz CT molecular complexity index is 446.